The maximum absolute atomic E-state index is 12.4. The fourth-order valence-corrected chi connectivity index (χ4v) is 3.57. The van der Waals surface area contributed by atoms with E-state index in [1.54, 1.807) is 6.07 Å². The number of piperidine rings is 1. The van der Waals surface area contributed by atoms with Gasteiger partial charge < -0.3 is 14.2 Å². The molecule has 5 nitrogen and oxygen atoms in total. The van der Waals surface area contributed by atoms with Gasteiger partial charge in [-0.3, -0.25) is 4.79 Å². The average Bonchev–Trinajstić information content (AvgIpc) is 3.09. The molecule has 1 aliphatic rings. The maximum Gasteiger partial charge on any atom is 0.260 e. The minimum absolute atomic E-state index is 0.0339. The fourth-order valence-electron chi connectivity index (χ4n) is 3.34. The molecule has 0 radical (unpaired) electrons. The molecule has 0 N–H and O–H groups in total. The van der Waals surface area contributed by atoms with E-state index in [4.69, 9.17) is 16.3 Å². The monoisotopic (exact) mass is 361 g/mol. The van der Waals surface area contributed by atoms with Crippen molar-refractivity contribution in [3.05, 3.63) is 47.0 Å². The van der Waals surface area contributed by atoms with Crippen molar-refractivity contribution in [3.8, 4) is 5.75 Å². The first-order valence-electron chi connectivity index (χ1n) is 8.76. The number of halogens is 1. The van der Waals surface area contributed by atoms with Crippen LogP contribution in [0.3, 0.4) is 0 Å². The van der Waals surface area contributed by atoms with Crippen LogP contribution in [0.15, 0.2) is 30.6 Å². The van der Waals surface area contributed by atoms with E-state index in [2.05, 4.69) is 16.5 Å². The van der Waals surface area contributed by atoms with Crippen molar-refractivity contribution in [2.24, 2.45) is 0 Å². The number of rotatable bonds is 5. The Labute approximate surface area is 153 Å². The highest BCUT2D eigenvalue weighted by Gasteiger charge is 2.26. The predicted octanol–water partition coefficient (Wildman–Crippen LogP) is 3.65. The SMILES string of the molecule is CCn1ccnc1C1CCN(C(=O)COc2ccc(Cl)cc2C)CC1. The lowest BCUT2D eigenvalue weighted by Gasteiger charge is -2.32. The summed E-state index contributed by atoms with van der Waals surface area (Å²) in [6, 6.07) is 5.42. The number of nitrogens with zero attached hydrogens (tertiary/aromatic N) is 3. The number of hydrogen-bond donors (Lipinski definition) is 0. The standard InChI is InChI=1S/C19H24ClN3O2/c1-3-22-11-8-21-19(22)15-6-9-23(10-7-15)18(24)13-25-17-5-4-16(20)12-14(17)2/h4-5,8,11-12,15H,3,6-7,9-10,13H2,1-2H3. The Morgan fingerprint density at radius 1 is 1.36 bits per heavy atom. The Kier molecular flexibility index (Phi) is 5.63. The lowest BCUT2D eigenvalue weighted by Crippen LogP contribution is -2.40. The molecular formula is C19H24ClN3O2. The molecule has 1 amide bonds. The van der Waals surface area contributed by atoms with E-state index in [0.29, 0.717) is 16.7 Å². The quantitative estimate of drug-likeness (QED) is 0.816. The maximum atomic E-state index is 12.4. The molecule has 1 aromatic heterocycles. The first kappa shape index (κ1) is 17.8. The van der Waals surface area contributed by atoms with Gasteiger partial charge in [-0.15, -0.1) is 0 Å². The zero-order valence-electron chi connectivity index (χ0n) is 14.7. The van der Waals surface area contributed by atoms with Crippen molar-refractivity contribution in [1.82, 2.24) is 14.5 Å². The molecule has 0 aliphatic carbocycles. The van der Waals surface area contributed by atoms with Gasteiger partial charge in [0.15, 0.2) is 6.61 Å². The third kappa shape index (κ3) is 4.15. The number of likely N-dealkylation sites (tertiary alicyclic amines) is 1. The Morgan fingerprint density at radius 2 is 2.12 bits per heavy atom. The second-order valence-electron chi connectivity index (χ2n) is 6.43. The Bertz CT molecular complexity index is 736. The second kappa shape index (κ2) is 7.91. The molecule has 0 bridgehead atoms. The van der Waals surface area contributed by atoms with Gasteiger partial charge in [0.25, 0.3) is 5.91 Å². The molecule has 0 atom stereocenters. The highest BCUT2D eigenvalue weighted by molar-refractivity contribution is 6.30. The van der Waals surface area contributed by atoms with Gasteiger partial charge in [0.1, 0.15) is 11.6 Å². The summed E-state index contributed by atoms with van der Waals surface area (Å²) in [5.41, 5.74) is 0.936. The summed E-state index contributed by atoms with van der Waals surface area (Å²) in [6.45, 7) is 6.55. The van der Waals surface area contributed by atoms with E-state index in [9.17, 15) is 4.79 Å². The van der Waals surface area contributed by atoms with Crippen molar-refractivity contribution >= 4 is 17.5 Å². The third-order valence-electron chi connectivity index (χ3n) is 4.79. The van der Waals surface area contributed by atoms with Crippen LogP contribution in [0.5, 0.6) is 5.75 Å². The molecule has 1 aromatic carbocycles. The first-order valence-corrected chi connectivity index (χ1v) is 9.14. The van der Waals surface area contributed by atoms with E-state index in [1.165, 1.54) is 0 Å². The van der Waals surface area contributed by atoms with Crippen LogP contribution in [0.4, 0.5) is 0 Å². The van der Waals surface area contributed by atoms with E-state index >= 15 is 0 Å². The molecule has 25 heavy (non-hydrogen) atoms. The van der Waals surface area contributed by atoms with Crippen molar-refractivity contribution in [3.63, 3.8) is 0 Å². The van der Waals surface area contributed by atoms with Gasteiger partial charge in [0.2, 0.25) is 0 Å². The van der Waals surface area contributed by atoms with Crippen LogP contribution in [0.25, 0.3) is 0 Å². The van der Waals surface area contributed by atoms with Gasteiger partial charge in [0.05, 0.1) is 0 Å². The van der Waals surface area contributed by atoms with Crippen molar-refractivity contribution in [2.75, 3.05) is 19.7 Å². The number of imidazole rings is 1. The van der Waals surface area contributed by atoms with Crippen LogP contribution < -0.4 is 4.74 Å². The number of carbonyl (C=O) groups excluding carboxylic acids is 1. The first-order chi connectivity index (χ1) is 12.1. The molecule has 2 heterocycles. The Balaban J connectivity index is 1.51. The summed E-state index contributed by atoms with van der Waals surface area (Å²) in [7, 11) is 0. The lowest BCUT2D eigenvalue weighted by atomic mass is 9.96. The molecule has 0 saturated carbocycles. The molecule has 1 fully saturated rings. The predicted molar refractivity (Wildman–Crippen MR) is 98.1 cm³/mol. The number of hydrogen-bond acceptors (Lipinski definition) is 3. The minimum atomic E-state index is 0.0339. The molecule has 1 aliphatic heterocycles. The number of carbonyl (C=O) groups is 1. The van der Waals surface area contributed by atoms with Crippen LogP contribution in [-0.2, 0) is 11.3 Å². The van der Waals surface area contributed by atoms with E-state index in [-0.39, 0.29) is 12.5 Å². The zero-order valence-corrected chi connectivity index (χ0v) is 15.5. The smallest absolute Gasteiger partial charge is 0.260 e. The molecule has 3 rings (SSSR count). The second-order valence-corrected chi connectivity index (χ2v) is 6.86. The van der Waals surface area contributed by atoms with Crippen LogP contribution in [0.2, 0.25) is 5.02 Å². The Morgan fingerprint density at radius 3 is 2.80 bits per heavy atom. The van der Waals surface area contributed by atoms with E-state index in [1.807, 2.05) is 36.4 Å². The van der Waals surface area contributed by atoms with Gasteiger partial charge in [-0.05, 0) is 50.5 Å². The lowest BCUT2D eigenvalue weighted by molar-refractivity contribution is -0.134. The van der Waals surface area contributed by atoms with Crippen LogP contribution >= 0.6 is 11.6 Å². The van der Waals surface area contributed by atoms with Crippen molar-refractivity contribution in [2.45, 2.75) is 39.2 Å². The molecule has 6 heteroatoms. The summed E-state index contributed by atoms with van der Waals surface area (Å²) in [5.74, 6) is 2.31. The summed E-state index contributed by atoms with van der Waals surface area (Å²) in [6.07, 6.45) is 5.78. The number of ether oxygens (including phenoxy) is 1. The van der Waals surface area contributed by atoms with E-state index < -0.39 is 0 Å². The molecule has 2 aromatic rings. The molecule has 0 spiro atoms. The molecule has 134 valence electrons. The minimum Gasteiger partial charge on any atom is -0.483 e. The Hall–Kier alpha value is -2.01. The van der Waals surface area contributed by atoms with Crippen molar-refractivity contribution < 1.29 is 9.53 Å². The highest BCUT2D eigenvalue weighted by atomic mass is 35.5. The van der Waals surface area contributed by atoms with Gasteiger partial charge in [0, 0.05) is 43.0 Å². The van der Waals surface area contributed by atoms with Crippen LogP contribution in [-0.4, -0.2) is 40.1 Å². The number of aromatic nitrogens is 2. The fraction of sp³-hybridized carbons (Fsp3) is 0.474. The van der Waals surface area contributed by atoms with Gasteiger partial charge in [-0.2, -0.15) is 0 Å². The van der Waals surface area contributed by atoms with Crippen LogP contribution in [0.1, 0.15) is 37.1 Å². The van der Waals surface area contributed by atoms with Crippen molar-refractivity contribution in [1.29, 1.82) is 0 Å². The zero-order chi connectivity index (χ0) is 17.8. The summed E-state index contributed by atoms with van der Waals surface area (Å²) >= 11 is 5.94. The number of amides is 1. The molecular weight excluding hydrogens is 338 g/mol. The molecule has 1 saturated heterocycles. The topological polar surface area (TPSA) is 47.4 Å². The third-order valence-corrected chi connectivity index (χ3v) is 5.02. The number of benzene rings is 1. The summed E-state index contributed by atoms with van der Waals surface area (Å²) < 4.78 is 7.87. The highest BCUT2D eigenvalue weighted by Crippen LogP contribution is 2.27. The normalized spacial score (nSPS) is 15.4. The largest absolute Gasteiger partial charge is 0.483 e. The number of aryl methyl sites for hydroxylation is 2. The summed E-state index contributed by atoms with van der Waals surface area (Å²) in [4.78, 5) is 18.8. The summed E-state index contributed by atoms with van der Waals surface area (Å²) in [5, 5.41) is 0.670. The van der Waals surface area contributed by atoms with E-state index in [0.717, 1.165) is 43.9 Å². The van der Waals surface area contributed by atoms with Gasteiger partial charge in [-0.25, -0.2) is 4.98 Å². The van der Waals surface area contributed by atoms with Gasteiger partial charge in [-0.1, -0.05) is 11.6 Å². The average molecular weight is 362 g/mol. The van der Waals surface area contributed by atoms with Gasteiger partial charge >= 0.3 is 0 Å². The van der Waals surface area contributed by atoms with Crippen LogP contribution in [0, 0.1) is 6.92 Å². The molecule has 0 unspecified atom stereocenters.